The van der Waals surface area contributed by atoms with Gasteiger partial charge in [0, 0.05) is 36.3 Å². The highest BCUT2D eigenvalue weighted by Crippen LogP contribution is 2.44. The Kier molecular flexibility index (Phi) is 8.03. The van der Waals surface area contributed by atoms with Crippen LogP contribution in [0, 0.1) is 5.92 Å². The molecule has 3 aromatic rings. The molecule has 1 aromatic heterocycles. The molecule has 7 heteroatoms. The van der Waals surface area contributed by atoms with Crippen molar-refractivity contribution in [3.8, 4) is 0 Å². The summed E-state index contributed by atoms with van der Waals surface area (Å²) in [5.41, 5.74) is 3.37. The van der Waals surface area contributed by atoms with Gasteiger partial charge in [0.15, 0.2) is 0 Å². The van der Waals surface area contributed by atoms with Crippen LogP contribution >= 0.6 is 11.3 Å². The number of anilines is 1. The molecule has 0 unspecified atom stereocenters. The van der Waals surface area contributed by atoms with Crippen LogP contribution in [0.4, 0.5) is 5.69 Å². The van der Waals surface area contributed by atoms with Crippen LogP contribution in [0.15, 0.2) is 66.0 Å². The van der Waals surface area contributed by atoms with Gasteiger partial charge in [-0.05, 0) is 72.6 Å². The first-order valence-corrected chi connectivity index (χ1v) is 14.0. The van der Waals surface area contributed by atoms with E-state index in [9.17, 15) is 9.59 Å². The summed E-state index contributed by atoms with van der Waals surface area (Å²) in [5, 5.41) is 5.15. The molecule has 2 aliphatic heterocycles. The fraction of sp³-hybridized carbons (Fsp3) is 0.400. The Morgan fingerprint density at radius 3 is 2.51 bits per heavy atom. The number of thiophene rings is 1. The first kappa shape index (κ1) is 25.6. The third kappa shape index (κ3) is 5.64. The molecule has 1 N–H and O–H groups in total. The van der Waals surface area contributed by atoms with Crippen molar-refractivity contribution in [3.05, 3.63) is 87.6 Å². The predicted molar refractivity (Wildman–Crippen MR) is 148 cm³/mol. The lowest BCUT2D eigenvalue weighted by Gasteiger charge is -2.41. The van der Waals surface area contributed by atoms with E-state index in [4.69, 9.17) is 4.74 Å². The molecule has 0 bridgehead atoms. The Balaban J connectivity index is 1.39. The van der Waals surface area contributed by atoms with E-state index in [1.54, 1.807) is 23.3 Å². The molecule has 2 amide bonds. The van der Waals surface area contributed by atoms with Gasteiger partial charge < -0.3 is 15.0 Å². The summed E-state index contributed by atoms with van der Waals surface area (Å²) in [7, 11) is 1.63. The molecule has 0 aliphatic carbocycles. The van der Waals surface area contributed by atoms with E-state index in [-0.39, 0.29) is 11.8 Å². The highest BCUT2D eigenvalue weighted by Gasteiger charge is 2.44. The molecule has 3 heterocycles. The monoisotopic (exact) mass is 517 g/mol. The molecule has 1 saturated heterocycles. The van der Waals surface area contributed by atoms with Gasteiger partial charge in [-0.1, -0.05) is 43.3 Å². The Bertz CT molecular complexity index is 1200. The van der Waals surface area contributed by atoms with Crippen molar-refractivity contribution in [2.75, 3.05) is 38.7 Å². The fourth-order valence-electron chi connectivity index (χ4n) is 5.48. The number of amides is 2. The van der Waals surface area contributed by atoms with Gasteiger partial charge >= 0.3 is 0 Å². The van der Waals surface area contributed by atoms with E-state index in [0.717, 1.165) is 41.7 Å². The molecule has 0 saturated carbocycles. The quantitative estimate of drug-likeness (QED) is 0.426. The average molecular weight is 518 g/mol. The summed E-state index contributed by atoms with van der Waals surface area (Å²) in [6, 6.07) is 19.3. The minimum atomic E-state index is -0.528. The summed E-state index contributed by atoms with van der Waals surface area (Å²) < 4.78 is 5.31. The zero-order valence-electron chi connectivity index (χ0n) is 21.6. The number of rotatable bonds is 8. The van der Waals surface area contributed by atoms with Crippen molar-refractivity contribution in [2.45, 2.75) is 38.3 Å². The molecular weight excluding hydrogens is 482 g/mol. The number of nitrogens with zero attached hydrogens (tertiary/aromatic N) is 2. The van der Waals surface area contributed by atoms with Crippen molar-refractivity contribution >= 4 is 28.8 Å². The van der Waals surface area contributed by atoms with E-state index in [0.29, 0.717) is 18.7 Å². The molecular formula is C30H35N3O3S. The van der Waals surface area contributed by atoms with Gasteiger partial charge in [-0.25, -0.2) is 0 Å². The third-order valence-corrected chi connectivity index (χ3v) is 8.54. The van der Waals surface area contributed by atoms with Crippen molar-refractivity contribution in [1.29, 1.82) is 0 Å². The molecule has 0 spiro atoms. The van der Waals surface area contributed by atoms with Crippen molar-refractivity contribution in [1.82, 2.24) is 9.80 Å². The Morgan fingerprint density at radius 2 is 1.81 bits per heavy atom. The number of benzene rings is 2. The van der Waals surface area contributed by atoms with E-state index in [1.807, 2.05) is 53.9 Å². The van der Waals surface area contributed by atoms with E-state index in [1.165, 1.54) is 18.4 Å². The van der Waals surface area contributed by atoms with Crippen LogP contribution in [0.25, 0.3) is 0 Å². The second kappa shape index (κ2) is 11.6. The average Bonchev–Trinajstić information content (AvgIpc) is 3.45. The lowest BCUT2D eigenvalue weighted by Crippen LogP contribution is -2.47. The summed E-state index contributed by atoms with van der Waals surface area (Å²) in [6.07, 6.45) is 2.51. The zero-order valence-corrected chi connectivity index (χ0v) is 22.4. The number of methoxy groups -OCH3 is 1. The maximum atomic E-state index is 13.9. The van der Waals surface area contributed by atoms with Crippen LogP contribution in [-0.2, 0) is 16.1 Å². The number of ether oxygens (including phenoxy) is 1. The van der Waals surface area contributed by atoms with E-state index in [2.05, 4.69) is 29.3 Å². The van der Waals surface area contributed by atoms with Gasteiger partial charge in [-0.3, -0.25) is 14.5 Å². The van der Waals surface area contributed by atoms with Crippen molar-refractivity contribution in [3.63, 3.8) is 0 Å². The highest BCUT2D eigenvalue weighted by molar-refractivity contribution is 7.10. The normalized spacial score (nSPS) is 20.6. The van der Waals surface area contributed by atoms with Gasteiger partial charge in [0.05, 0.1) is 18.6 Å². The first-order chi connectivity index (χ1) is 18.0. The molecule has 6 nitrogen and oxygen atoms in total. The summed E-state index contributed by atoms with van der Waals surface area (Å²) in [4.78, 5) is 32.7. The predicted octanol–water partition coefficient (Wildman–Crippen LogP) is 5.55. The van der Waals surface area contributed by atoms with Gasteiger partial charge in [0.2, 0.25) is 5.91 Å². The molecule has 37 heavy (non-hydrogen) atoms. The molecule has 194 valence electrons. The Hall–Kier alpha value is -3.00. The molecule has 2 aliphatic rings. The number of nitrogens with one attached hydrogen (secondary N) is 1. The largest absolute Gasteiger partial charge is 0.383 e. The SMILES string of the molecule is COCCN1C(=O)c2ccccc2[C@@H](C(=O)Nc2ccc(CN3CCC(C)CC3)cc2)[C@@H]1c1cccs1. The van der Waals surface area contributed by atoms with Crippen LogP contribution in [0.3, 0.4) is 0 Å². The molecule has 2 aromatic carbocycles. The first-order valence-electron chi connectivity index (χ1n) is 13.1. The van der Waals surface area contributed by atoms with Crippen LogP contribution < -0.4 is 5.32 Å². The number of hydrogen-bond acceptors (Lipinski definition) is 5. The number of likely N-dealkylation sites (tertiary alicyclic amines) is 1. The lowest BCUT2D eigenvalue weighted by atomic mass is 9.81. The summed E-state index contributed by atoms with van der Waals surface area (Å²) >= 11 is 1.57. The Labute approximate surface area is 223 Å². The molecule has 5 rings (SSSR count). The zero-order chi connectivity index (χ0) is 25.8. The van der Waals surface area contributed by atoms with Crippen LogP contribution in [0.2, 0.25) is 0 Å². The second-order valence-electron chi connectivity index (χ2n) is 10.2. The number of hydrogen-bond donors (Lipinski definition) is 1. The number of fused-ring (bicyclic) bond motifs is 1. The van der Waals surface area contributed by atoms with Gasteiger partial charge in [0.1, 0.15) is 0 Å². The highest BCUT2D eigenvalue weighted by atomic mass is 32.1. The standard InChI is InChI=1S/C30H35N3O3S/c1-21-13-15-32(16-14-21)20-22-9-11-23(12-10-22)31-29(34)27-24-6-3-4-7-25(24)30(35)33(17-18-36-2)28(27)26-8-5-19-37-26/h3-12,19,21,27-28H,13-18,20H2,1-2H3,(H,31,34)/t27-,28+/m1/s1. The maximum Gasteiger partial charge on any atom is 0.254 e. The van der Waals surface area contributed by atoms with Crippen LogP contribution in [0.1, 0.15) is 58.1 Å². The number of piperidine rings is 1. The molecule has 2 atom stereocenters. The van der Waals surface area contributed by atoms with Crippen molar-refractivity contribution in [2.24, 2.45) is 5.92 Å². The minimum absolute atomic E-state index is 0.0634. The minimum Gasteiger partial charge on any atom is -0.383 e. The smallest absolute Gasteiger partial charge is 0.254 e. The number of carbonyl (C=O) groups excluding carboxylic acids is 2. The van der Waals surface area contributed by atoms with E-state index < -0.39 is 12.0 Å². The van der Waals surface area contributed by atoms with Gasteiger partial charge in [-0.2, -0.15) is 0 Å². The van der Waals surface area contributed by atoms with Crippen molar-refractivity contribution < 1.29 is 14.3 Å². The van der Waals surface area contributed by atoms with Gasteiger partial charge in [-0.15, -0.1) is 11.3 Å². The third-order valence-electron chi connectivity index (χ3n) is 7.60. The lowest BCUT2D eigenvalue weighted by molar-refractivity contribution is -0.119. The van der Waals surface area contributed by atoms with E-state index >= 15 is 0 Å². The second-order valence-corrected chi connectivity index (χ2v) is 11.1. The van der Waals surface area contributed by atoms with Crippen LogP contribution in [-0.4, -0.2) is 55.0 Å². The molecule has 1 fully saturated rings. The molecule has 0 radical (unpaired) electrons. The summed E-state index contributed by atoms with van der Waals surface area (Å²) in [5.74, 6) is 0.113. The van der Waals surface area contributed by atoms with Gasteiger partial charge in [0.25, 0.3) is 5.91 Å². The number of carbonyl (C=O) groups is 2. The fourth-order valence-corrected chi connectivity index (χ4v) is 6.35. The topological polar surface area (TPSA) is 61.9 Å². The summed E-state index contributed by atoms with van der Waals surface area (Å²) in [6.45, 7) is 6.37. The van der Waals surface area contributed by atoms with Crippen LogP contribution in [0.5, 0.6) is 0 Å². The Morgan fingerprint density at radius 1 is 1.05 bits per heavy atom. The maximum absolute atomic E-state index is 13.9.